The van der Waals surface area contributed by atoms with E-state index in [0.29, 0.717) is 0 Å². The normalized spacial score (nSPS) is 23.0. The first-order valence-corrected chi connectivity index (χ1v) is 13.9. The third kappa shape index (κ3) is 2.88. The molecule has 2 aliphatic carbocycles. The van der Waals surface area contributed by atoms with Crippen molar-refractivity contribution in [1.82, 2.24) is 0 Å². The van der Waals surface area contributed by atoms with Gasteiger partial charge in [0.25, 0.3) is 0 Å². The fourth-order valence-corrected chi connectivity index (χ4v) is 7.71. The molecule has 2 N–H and O–H groups in total. The summed E-state index contributed by atoms with van der Waals surface area (Å²) in [6.07, 6.45) is 9.17. The molecule has 40 heavy (non-hydrogen) atoms. The van der Waals surface area contributed by atoms with Gasteiger partial charge in [-0.3, -0.25) is 0 Å². The van der Waals surface area contributed by atoms with Gasteiger partial charge in [0.1, 0.15) is 11.2 Å². The van der Waals surface area contributed by atoms with Crippen molar-refractivity contribution in [3.63, 3.8) is 0 Å². The van der Waals surface area contributed by atoms with E-state index in [9.17, 15) is 0 Å². The number of furan rings is 1. The Kier molecular flexibility index (Phi) is 4.82. The molecule has 0 radical (unpaired) electrons. The van der Waals surface area contributed by atoms with E-state index in [1.807, 2.05) is 12.1 Å². The number of benzene rings is 5. The van der Waals surface area contributed by atoms with Gasteiger partial charge in [0.2, 0.25) is 0 Å². The number of rotatable bonds is 3. The molecule has 2 aliphatic rings. The number of para-hydroxylation sites is 2. The number of allylic oxidation sites excluding steroid dienone is 4. The minimum absolute atomic E-state index is 0.209. The molecule has 3 atom stereocenters. The van der Waals surface area contributed by atoms with Crippen LogP contribution in [0.2, 0.25) is 0 Å². The highest BCUT2D eigenvalue weighted by Crippen LogP contribution is 2.66. The maximum atomic E-state index is 7.00. The molecule has 8 rings (SSSR count). The van der Waals surface area contributed by atoms with Crippen molar-refractivity contribution in [3.05, 3.63) is 162 Å². The first kappa shape index (κ1) is 23.1. The summed E-state index contributed by atoms with van der Waals surface area (Å²) in [5.41, 5.74) is 16.1. The molecule has 0 amide bonds. The Morgan fingerprint density at radius 1 is 0.675 bits per heavy atom. The Morgan fingerprint density at radius 2 is 1.45 bits per heavy atom. The summed E-state index contributed by atoms with van der Waals surface area (Å²) >= 11 is 0. The maximum absolute atomic E-state index is 7.00. The van der Waals surface area contributed by atoms with E-state index >= 15 is 0 Å². The van der Waals surface area contributed by atoms with E-state index in [4.69, 9.17) is 10.2 Å². The zero-order valence-electron chi connectivity index (χ0n) is 22.3. The lowest BCUT2D eigenvalue weighted by Gasteiger charge is -2.47. The molecule has 6 aromatic rings. The number of fused-ring (bicyclic) bond motifs is 6. The highest BCUT2D eigenvalue weighted by Gasteiger charge is 2.60. The van der Waals surface area contributed by atoms with Gasteiger partial charge in [-0.15, -0.1) is 0 Å². The lowest BCUT2D eigenvalue weighted by atomic mass is 9.54. The second-order valence-electron chi connectivity index (χ2n) is 11.3. The van der Waals surface area contributed by atoms with E-state index in [1.54, 1.807) is 0 Å². The molecule has 0 saturated carbocycles. The Balaban J connectivity index is 1.40. The molecule has 0 aliphatic heterocycles. The van der Waals surface area contributed by atoms with Gasteiger partial charge in [-0.2, -0.15) is 0 Å². The minimum atomic E-state index is -0.408. The van der Waals surface area contributed by atoms with Crippen LogP contribution in [0.4, 0.5) is 5.69 Å². The van der Waals surface area contributed by atoms with E-state index in [1.165, 1.54) is 22.3 Å². The Morgan fingerprint density at radius 3 is 2.33 bits per heavy atom. The Labute approximate surface area is 234 Å². The van der Waals surface area contributed by atoms with Gasteiger partial charge in [-0.05, 0) is 34.4 Å². The van der Waals surface area contributed by atoms with Crippen LogP contribution in [0.1, 0.15) is 35.1 Å². The first-order valence-electron chi connectivity index (χ1n) is 13.9. The molecule has 192 valence electrons. The molecular formula is C38H29NO. The summed E-state index contributed by atoms with van der Waals surface area (Å²) in [7, 11) is 0. The summed E-state index contributed by atoms with van der Waals surface area (Å²) < 4.78 is 6.37. The van der Waals surface area contributed by atoms with Crippen LogP contribution in [0.15, 0.2) is 144 Å². The first-order chi connectivity index (χ1) is 19.6. The Hall–Kier alpha value is -4.82. The van der Waals surface area contributed by atoms with Gasteiger partial charge >= 0.3 is 0 Å². The zero-order valence-corrected chi connectivity index (χ0v) is 22.3. The van der Waals surface area contributed by atoms with Crippen LogP contribution in [0.25, 0.3) is 33.1 Å². The maximum Gasteiger partial charge on any atom is 0.143 e. The van der Waals surface area contributed by atoms with Crippen molar-refractivity contribution in [3.8, 4) is 11.1 Å². The molecule has 5 aromatic carbocycles. The van der Waals surface area contributed by atoms with E-state index < -0.39 is 5.41 Å². The number of hydrogen-bond donors (Lipinski definition) is 1. The Bertz CT molecular complexity index is 2000. The summed E-state index contributed by atoms with van der Waals surface area (Å²) in [6, 6.07) is 41.1. The van der Waals surface area contributed by atoms with Crippen LogP contribution in [0.3, 0.4) is 0 Å². The molecule has 3 unspecified atom stereocenters. The molecular weight excluding hydrogens is 486 g/mol. The van der Waals surface area contributed by atoms with E-state index in [-0.39, 0.29) is 11.3 Å². The average molecular weight is 516 g/mol. The molecule has 1 heterocycles. The highest BCUT2D eigenvalue weighted by molar-refractivity contribution is 6.10. The van der Waals surface area contributed by atoms with Crippen LogP contribution in [0, 0.1) is 5.41 Å². The van der Waals surface area contributed by atoms with Crippen molar-refractivity contribution in [1.29, 1.82) is 0 Å². The standard InChI is InChI=1S/C38H29NO/c1-37-23-10-9-18-32(37)31-15-5-7-19-33(31)38(37,25-12-3-2-4-13-25)26-21-22-27(34(39)24-26)29-16-11-17-30-28-14-6-8-20-35(28)40-36(29)30/h2-24,32H,39H2,1H3. The van der Waals surface area contributed by atoms with Crippen LogP contribution < -0.4 is 5.73 Å². The molecule has 0 bridgehead atoms. The predicted octanol–water partition coefficient (Wildman–Crippen LogP) is 9.40. The average Bonchev–Trinajstić information content (AvgIpc) is 3.49. The number of hydrogen-bond acceptors (Lipinski definition) is 2. The largest absolute Gasteiger partial charge is 0.455 e. The third-order valence-corrected chi connectivity index (χ3v) is 9.40. The molecule has 2 heteroatoms. The second-order valence-corrected chi connectivity index (χ2v) is 11.3. The van der Waals surface area contributed by atoms with Crippen LogP contribution in [-0.4, -0.2) is 0 Å². The summed E-state index contributed by atoms with van der Waals surface area (Å²) in [5, 5.41) is 2.23. The topological polar surface area (TPSA) is 39.2 Å². The fraction of sp³-hybridized carbons (Fsp3) is 0.105. The smallest absolute Gasteiger partial charge is 0.143 e. The third-order valence-electron chi connectivity index (χ3n) is 9.40. The SMILES string of the molecule is CC12C=CC=CC1c1ccccc1C2(c1ccccc1)c1ccc(-c2cccc3c2oc2ccccc23)c(N)c1. The van der Waals surface area contributed by atoms with Crippen LogP contribution in [0.5, 0.6) is 0 Å². The van der Waals surface area contributed by atoms with E-state index in [0.717, 1.165) is 38.8 Å². The number of nitrogens with two attached hydrogens (primary N) is 1. The zero-order chi connectivity index (χ0) is 26.9. The lowest BCUT2D eigenvalue weighted by Crippen LogP contribution is -2.43. The van der Waals surface area contributed by atoms with Crippen molar-refractivity contribution in [2.24, 2.45) is 5.41 Å². The summed E-state index contributed by atoms with van der Waals surface area (Å²) in [5.74, 6) is 0.263. The molecule has 1 aromatic heterocycles. The van der Waals surface area contributed by atoms with Gasteiger partial charge < -0.3 is 10.2 Å². The molecule has 0 saturated heterocycles. The quantitative estimate of drug-likeness (QED) is 0.238. The predicted molar refractivity (Wildman–Crippen MR) is 165 cm³/mol. The van der Waals surface area contributed by atoms with Gasteiger partial charge in [0, 0.05) is 38.9 Å². The fourth-order valence-electron chi connectivity index (χ4n) is 7.71. The molecule has 0 fully saturated rings. The summed E-state index contributed by atoms with van der Waals surface area (Å²) in [4.78, 5) is 0. The van der Waals surface area contributed by atoms with Crippen molar-refractivity contribution in [2.75, 3.05) is 5.73 Å². The second kappa shape index (κ2) is 8.34. The van der Waals surface area contributed by atoms with Crippen LogP contribution >= 0.6 is 0 Å². The van der Waals surface area contributed by atoms with Crippen molar-refractivity contribution < 1.29 is 4.42 Å². The molecule has 2 nitrogen and oxygen atoms in total. The summed E-state index contributed by atoms with van der Waals surface area (Å²) in [6.45, 7) is 2.41. The monoisotopic (exact) mass is 515 g/mol. The number of nitrogen functional groups attached to an aromatic ring is 1. The highest BCUT2D eigenvalue weighted by atomic mass is 16.3. The van der Waals surface area contributed by atoms with Gasteiger partial charge in [-0.25, -0.2) is 0 Å². The van der Waals surface area contributed by atoms with Crippen molar-refractivity contribution >= 4 is 27.6 Å². The van der Waals surface area contributed by atoms with Gasteiger partial charge in [-0.1, -0.05) is 134 Å². The lowest BCUT2D eigenvalue weighted by molar-refractivity contribution is 0.289. The van der Waals surface area contributed by atoms with Crippen molar-refractivity contribution in [2.45, 2.75) is 18.3 Å². The van der Waals surface area contributed by atoms with E-state index in [2.05, 4.69) is 134 Å². The number of anilines is 1. The molecule has 0 spiro atoms. The van der Waals surface area contributed by atoms with Crippen LogP contribution in [-0.2, 0) is 5.41 Å². The van der Waals surface area contributed by atoms with Gasteiger partial charge in [0.15, 0.2) is 0 Å². The minimum Gasteiger partial charge on any atom is -0.455 e. The van der Waals surface area contributed by atoms with Gasteiger partial charge in [0.05, 0.1) is 5.41 Å².